The Morgan fingerprint density at radius 1 is 1.13 bits per heavy atom. The van der Waals surface area contributed by atoms with Crippen molar-refractivity contribution in [3.63, 3.8) is 0 Å². The van der Waals surface area contributed by atoms with Crippen LogP contribution in [0.25, 0.3) is 0 Å². The third kappa shape index (κ3) is 4.33. The van der Waals surface area contributed by atoms with Gasteiger partial charge in [0.05, 0.1) is 18.6 Å². The SMILES string of the molecule is O=C(N[C@@H](COc1ccccc1)c1ccccc1)[C@@H]1CCOC1. The van der Waals surface area contributed by atoms with E-state index < -0.39 is 0 Å². The van der Waals surface area contributed by atoms with Crippen molar-refractivity contribution in [1.29, 1.82) is 0 Å². The van der Waals surface area contributed by atoms with Crippen molar-refractivity contribution in [2.45, 2.75) is 12.5 Å². The Kier molecular flexibility index (Phi) is 5.27. The normalized spacial score (nSPS) is 18.3. The van der Waals surface area contributed by atoms with E-state index in [-0.39, 0.29) is 17.9 Å². The highest BCUT2D eigenvalue weighted by Crippen LogP contribution is 2.19. The highest BCUT2D eigenvalue weighted by atomic mass is 16.5. The Morgan fingerprint density at radius 3 is 2.48 bits per heavy atom. The summed E-state index contributed by atoms with van der Waals surface area (Å²) in [7, 11) is 0. The summed E-state index contributed by atoms with van der Waals surface area (Å²) in [4.78, 5) is 12.4. The number of rotatable bonds is 6. The van der Waals surface area contributed by atoms with Gasteiger partial charge in [0.15, 0.2) is 0 Å². The van der Waals surface area contributed by atoms with E-state index in [1.54, 1.807) is 0 Å². The van der Waals surface area contributed by atoms with Crippen LogP contribution in [0.2, 0.25) is 0 Å². The molecule has 4 heteroatoms. The molecule has 4 nitrogen and oxygen atoms in total. The fourth-order valence-electron chi connectivity index (χ4n) is 2.63. The van der Waals surface area contributed by atoms with Crippen LogP contribution in [0.5, 0.6) is 5.75 Å². The maximum atomic E-state index is 12.4. The van der Waals surface area contributed by atoms with Gasteiger partial charge in [0.1, 0.15) is 12.4 Å². The number of carbonyl (C=O) groups excluding carboxylic acids is 1. The predicted molar refractivity (Wildman–Crippen MR) is 88.2 cm³/mol. The number of benzene rings is 2. The van der Waals surface area contributed by atoms with Gasteiger partial charge in [-0.1, -0.05) is 48.5 Å². The van der Waals surface area contributed by atoms with Crippen molar-refractivity contribution in [3.05, 3.63) is 66.2 Å². The van der Waals surface area contributed by atoms with Crippen molar-refractivity contribution in [1.82, 2.24) is 5.32 Å². The minimum Gasteiger partial charge on any atom is -0.491 e. The van der Waals surface area contributed by atoms with E-state index in [1.807, 2.05) is 60.7 Å². The van der Waals surface area contributed by atoms with E-state index in [2.05, 4.69) is 5.32 Å². The molecular weight excluding hydrogens is 290 g/mol. The molecule has 0 unspecified atom stereocenters. The number of ether oxygens (including phenoxy) is 2. The molecule has 120 valence electrons. The molecule has 1 amide bonds. The Hall–Kier alpha value is -2.33. The molecule has 0 spiro atoms. The van der Waals surface area contributed by atoms with Gasteiger partial charge in [-0.15, -0.1) is 0 Å². The summed E-state index contributed by atoms with van der Waals surface area (Å²) in [5.74, 6) is 0.776. The molecule has 2 atom stereocenters. The zero-order chi connectivity index (χ0) is 15.9. The fourth-order valence-corrected chi connectivity index (χ4v) is 2.63. The summed E-state index contributed by atoms with van der Waals surface area (Å²) in [6, 6.07) is 19.4. The van der Waals surface area contributed by atoms with Gasteiger partial charge in [0.25, 0.3) is 0 Å². The molecule has 0 saturated carbocycles. The third-order valence-corrected chi connectivity index (χ3v) is 3.98. The van der Waals surface area contributed by atoms with Crippen LogP contribution in [-0.4, -0.2) is 25.7 Å². The van der Waals surface area contributed by atoms with Crippen LogP contribution >= 0.6 is 0 Å². The average Bonchev–Trinajstić information content (AvgIpc) is 3.15. The first kappa shape index (κ1) is 15.6. The van der Waals surface area contributed by atoms with E-state index in [1.165, 1.54) is 0 Å². The van der Waals surface area contributed by atoms with Gasteiger partial charge in [0, 0.05) is 6.61 Å². The zero-order valence-electron chi connectivity index (χ0n) is 13.0. The highest BCUT2D eigenvalue weighted by Gasteiger charge is 2.26. The number of hydrogen-bond donors (Lipinski definition) is 1. The molecule has 2 aromatic rings. The molecule has 1 N–H and O–H groups in total. The van der Waals surface area contributed by atoms with Crippen LogP contribution in [0, 0.1) is 5.92 Å². The van der Waals surface area contributed by atoms with E-state index in [0.717, 1.165) is 17.7 Å². The summed E-state index contributed by atoms with van der Waals surface area (Å²) in [6.07, 6.45) is 0.785. The second-order valence-electron chi connectivity index (χ2n) is 5.66. The maximum absolute atomic E-state index is 12.4. The summed E-state index contributed by atoms with van der Waals surface area (Å²) in [6.45, 7) is 1.56. The van der Waals surface area contributed by atoms with Gasteiger partial charge in [-0.25, -0.2) is 0 Å². The highest BCUT2D eigenvalue weighted by molar-refractivity contribution is 5.79. The topological polar surface area (TPSA) is 47.6 Å². The first-order valence-corrected chi connectivity index (χ1v) is 7.94. The number of carbonyl (C=O) groups is 1. The van der Waals surface area contributed by atoms with Gasteiger partial charge in [-0.2, -0.15) is 0 Å². The third-order valence-electron chi connectivity index (χ3n) is 3.98. The minimum atomic E-state index is -0.176. The lowest BCUT2D eigenvalue weighted by Gasteiger charge is -2.21. The lowest BCUT2D eigenvalue weighted by atomic mass is 10.0. The van der Waals surface area contributed by atoms with Crippen molar-refractivity contribution in [2.24, 2.45) is 5.92 Å². The Labute approximate surface area is 136 Å². The monoisotopic (exact) mass is 311 g/mol. The zero-order valence-corrected chi connectivity index (χ0v) is 13.0. The summed E-state index contributed by atoms with van der Waals surface area (Å²) in [5, 5.41) is 3.10. The van der Waals surface area contributed by atoms with E-state index >= 15 is 0 Å². The maximum Gasteiger partial charge on any atom is 0.226 e. The van der Waals surface area contributed by atoms with Crippen LogP contribution < -0.4 is 10.1 Å². The number of amides is 1. The second-order valence-corrected chi connectivity index (χ2v) is 5.66. The Bertz CT molecular complexity index is 609. The van der Waals surface area contributed by atoms with Crippen molar-refractivity contribution >= 4 is 5.91 Å². The van der Waals surface area contributed by atoms with Gasteiger partial charge in [-0.3, -0.25) is 4.79 Å². The molecule has 0 aliphatic carbocycles. The van der Waals surface area contributed by atoms with E-state index in [4.69, 9.17) is 9.47 Å². The van der Waals surface area contributed by atoms with Gasteiger partial charge < -0.3 is 14.8 Å². The molecule has 3 rings (SSSR count). The molecule has 2 aromatic carbocycles. The smallest absolute Gasteiger partial charge is 0.226 e. The molecular formula is C19H21NO3. The fraction of sp³-hybridized carbons (Fsp3) is 0.316. The Morgan fingerprint density at radius 2 is 1.83 bits per heavy atom. The minimum absolute atomic E-state index is 0.0352. The van der Waals surface area contributed by atoms with Gasteiger partial charge in [-0.05, 0) is 24.1 Å². The van der Waals surface area contributed by atoms with Gasteiger partial charge >= 0.3 is 0 Å². The molecule has 23 heavy (non-hydrogen) atoms. The summed E-state index contributed by atoms with van der Waals surface area (Å²) < 4.78 is 11.1. The molecule has 1 heterocycles. The number of hydrogen-bond acceptors (Lipinski definition) is 3. The second kappa shape index (κ2) is 7.79. The van der Waals surface area contributed by atoms with E-state index in [9.17, 15) is 4.79 Å². The van der Waals surface area contributed by atoms with Crippen LogP contribution in [0.1, 0.15) is 18.0 Å². The average molecular weight is 311 g/mol. The number of nitrogens with one attached hydrogen (secondary N) is 1. The first-order chi connectivity index (χ1) is 11.3. The van der Waals surface area contributed by atoms with Crippen LogP contribution in [0.15, 0.2) is 60.7 Å². The van der Waals surface area contributed by atoms with Crippen LogP contribution in [-0.2, 0) is 9.53 Å². The standard InChI is InChI=1S/C19H21NO3/c21-19(16-11-12-22-13-16)20-18(15-7-3-1-4-8-15)14-23-17-9-5-2-6-10-17/h1-10,16,18H,11-14H2,(H,20,21)/t16-,18+/m1/s1. The van der Waals surface area contributed by atoms with Crippen molar-refractivity contribution in [2.75, 3.05) is 19.8 Å². The van der Waals surface area contributed by atoms with Crippen LogP contribution in [0.4, 0.5) is 0 Å². The molecule has 0 aromatic heterocycles. The largest absolute Gasteiger partial charge is 0.491 e. The lowest BCUT2D eigenvalue weighted by Crippen LogP contribution is -2.37. The molecule has 0 bridgehead atoms. The number of para-hydroxylation sites is 1. The molecule has 0 radical (unpaired) electrons. The van der Waals surface area contributed by atoms with Gasteiger partial charge in [0.2, 0.25) is 5.91 Å². The lowest BCUT2D eigenvalue weighted by molar-refractivity contribution is -0.126. The molecule has 1 aliphatic rings. The summed E-state index contributed by atoms with van der Waals surface area (Å²) >= 11 is 0. The van der Waals surface area contributed by atoms with Crippen molar-refractivity contribution in [3.8, 4) is 5.75 Å². The quantitative estimate of drug-likeness (QED) is 0.892. The summed E-state index contributed by atoms with van der Waals surface area (Å²) in [5.41, 5.74) is 1.04. The van der Waals surface area contributed by atoms with Crippen LogP contribution in [0.3, 0.4) is 0 Å². The van der Waals surface area contributed by atoms with Crippen molar-refractivity contribution < 1.29 is 14.3 Å². The van der Waals surface area contributed by atoms with E-state index in [0.29, 0.717) is 19.8 Å². The molecule has 1 saturated heterocycles. The molecule has 1 fully saturated rings. The predicted octanol–water partition coefficient (Wildman–Crippen LogP) is 2.96. The first-order valence-electron chi connectivity index (χ1n) is 7.94. The Balaban J connectivity index is 1.67. The molecule has 1 aliphatic heterocycles.